The topological polar surface area (TPSA) is 54.0 Å². The first kappa shape index (κ1) is 20.1. The molecule has 0 spiro atoms. The fourth-order valence-electron chi connectivity index (χ4n) is 3.01. The lowest BCUT2D eigenvalue weighted by Crippen LogP contribution is -1.99. The molecule has 0 N–H and O–H groups in total. The number of rotatable bonds is 6. The molecule has 2 aromatic carbocycles. The molecule has 1 aliphatic rings. The second-order valence-corrected chi connectivity index (χ2v) is 6.68. The Morgan fingerprint density at radius 3 is 2.39 bits per heavy atom. The summed E-state index contributed by atoms with van der Waals surface area (Å²) in [6, 6.07) is 10.0. The zero-order valence-corrected chi connectivity index (χ0v) is 16.7. The molecule has 0 bridgehead atoms. The third kappa shape index (κ3) is 3.82. The van der Waals surface area contributed by atoms with Crippen LogP contribution in [0.5, 0.6) is 5.75 Å². The van der Waals surface area contributed by atoms with E-state index in [0.717, 1.165) is 17.6 Å². The summed E-state index contributed by atoms with van der Waals surface area (Å²) in [4.78, 5) is 17.4. The Hall–Kier alpha value is -2.61. The molecular formula is C21H19FO5S. The summed E-state index contributed by atoms with van der Waals surface area (Å²) in [6.45, 7) is 3.65. The standard InChI is InChI=1S/C21H19FO5S/c1-5-16-19(14-7-9-18(15(22)11-14)28-27-25-4)20(21(23)26-16)13-6-8-17(24-3)12(2)10-13/h5-11H,1-4H3. The van der Waals surface area contributed by atoms with Gasteiger partial charge in [0.15, 0.2) is 0 Å². The average molecular weight is 402 g/mol. The number of hydrogen-bond acceptors (Lipinski definition) is 6. The van der Waals surface area contributed by atoms with Gasteiger partial charge in [0.25, 0.3) is 0 Å². The van der Waals surface area contributed by atoms with Crippen LogP contribution in [0, 0.1) is 12.7 Å². The third-order valence-electron chi connectivity index (χ3n) is 4.26. The molecule has 0 fully saturated rings. The molecule has 0 atom stereocenters. The molecule has 28 heavy (non-hydrogen) atoms. The minimum atomic E-state index is -0.493. The largest absolute Gasteiger partial charge is 0.496 e. The van der Waals surface area contributed by atoms with Crippen LogP contribution in [0.25, 0.3) is 11.1 Å². The van der Waals surface area contributed by atoms with Gasteiger partial charge in [-0.05, 0) is 60.9 Å². The van der Waals surface area contributed by atoms with Crippen LogP contribution in [0.1, 0.15) is 23.6 Å². The molecule has 0 amide bonds. The monoisotopic (exact) mass is 402 g/mol. The molecule has 1 heterocycles. The van der Waals surface area contributed by atoms with Crippen molar-refractivity contribution >= 4 is 29.2 Å². The van der Waals surface area contributed by atoms with E-state index in [2.05, 4.69) is 4.89 Å². The number of esters is 1. The van der Waals surface area contributed by atoms with E-state index in [-0.39, 0.29) is 4.90 Å². The number of benzene rings is 2. The maximum atomic E-state index is 14.5. The van der Waals surface area contributed by atoms with Gasteiger partial charge in [-0.3, -0.25) is 0 Å². The highest BCUT2D eigenvalue weighted by Gasteiger charge is 2.32. The van der Waals surface area contributed by atoms with Crippen LogP contribution in [0.4, 0.5) is 4.39 Å². The normalized spacial score (nSPS) is 15.3. The first-order chi connectivity index (χ1) is 13.5. The van der Waals surface area contributed by atoms with Crippen LogP contribution < -0.4 is 4.74 Å². The fraction of sp³-hybridized carbons (Fsp3) is 0.190. The number of methoxy groups -OCH3 is 1. The van der Waals surface area contributed by atoms with Crippen molar-refractivity contribution in [2.75, 3.05) is 14.2 Å². The summed E-state index contributed by atoms with van der Waals surface area (Å²) >= 11 is 0.769. The molecule has 5 nitrogen and oxygen atoms in total. The summed E-state index contributed by atoms with van der Waals surface area (Å²) in [5.41, 5.74) is 3.01. The maximum Gasteiger partial charge on any atom is 0.344 e. The lowest BCUT2D eigenvalue weighted by Gasteiger charge is -2.10. The zero-order chi connectivity index (χ0) is 20.3. The summed E-state index contributed by atoms with van der Waals surface area (Å²) in [7, 11) is 2.93. The Bertz CT molecular complexity index is 981. The fourth-order valence-corrected chi connectivity index (χ4v) is 3.41. The van der Waals surface area contributed by atoms with Gasteiger partial charge in [-0.1, -0.05) is 12.1 Å². The molecule has 0 radical (unpaired) electrons. The van der Waals surface area contributed by atoms with E-state index in [1.807, 2.05) is 13.0 Å². The van der Waals surface area contributed by atoms with E-state index in [9.17, 15) is 9.18 Å². The Kier molecular flexibility index (Phi) is 6.18. The number of cyclic esters (lactones) is 1. The van der Waals surface area contributed by atoms with E-state index < -0.39 is 11.8 Å². The first-order valence-corrected chi connectivity index (χ1v) is 9.19. The lowest BCUT2D eigenvalue weighted by atomic mass is 9.94. The Morgan fingerprint density at radius 1 is 1.07 bits per heavy atom. The number of hydrogen-bond donors (Lipinski definition) is 0. The van der Waals surface area contributed by atoms with Crippen LogP contribution in [0.2, 0.25) is 0 Å². The van der Waals surface area contributed by atoms with Crippen LogP contribution in [-0.2, 0) is 18.8 Å². The molecule has 0 saturated carbocycles. The van der Waals surface area contributed by atoms with Gasteiger partial charge in [-0.15, -0.1) is 0 Å². The van der Waals surface area contributed by atoms with Gasteiger partial charge in [-0.2, -0.15) is 4.33 Å². The van der Waals surface area contributed by atoms with E-state index in [1.54, 1.807) is 44.4 Å². The number of allylic oxidation sites excluding steroid dienone is 2. The maximum absolute atomic E-state index is 14.5. The minimum absolute atomic E-state index is 0.264. The summed E-state index contributed by atoms with van der Waals surface area (Å²) in [5, 5.41) is 0. The van der Waals surface area contributed by atoms with Gasteiger partial charge in [-0.25, -0.2) is 14.1 Å². The highest BCUT2D eigenvalue weighted by Crippen LogP contribution is 2.41. The molecule has 0 saturated heterocycles. The molecule has 146 valence electrons. The predicted molar refractivity (Wildman–Crippen MR) is 105 cm³/mol. The molecule has 0 aromatic heterocycles. The number of carbonyl (C=O) groups is 1. The number of halogens is 1. The second kappa shape index (κ2) is 8.60. The average Bonchev–Trinajstić information content (AvgIpc) is 3.03. The van der Waals surface area contributed by atoms with Crippen molar-refractivity contribution in [1.29, 1.82) is 0 Å². The van der Waals surface area contributed by atoms with Crippen molar-refractivity contribution in [2.45, 2.75) is 18.7 Å². The van der Waals surface area contributed by atoms with Gasteiger partial charge in [0.05, 0.1) is 36.7 Å². The van der Waals surface area contributed by atoms with Crippen LogP contribution in [-0.4, -0.2) is 20.2 Å². The van der Waals surface area contributed by atoms with E-state index in [0.29, 0.717) is 33.8 Å². The molecular weight excluding hydrogens is 383 g/mol. The summed E-state index contributed by atoms with van der Waals surface area (Å²) in [5.74, 6) is 0.136. The van der Waals surface area contributed by atoms with Gasteiger partial charge in [0, 0.05) is 5.57 Å². The van der Waals surface area contributed by atoms with Crippen molar-refractivity contribution in [2.24, 2.45) is 0 Å². The third-order valence-corrected chi connectivity index (χ3v) is 4.98. The highest BCUT2D eigenvalue weighted by atomic mass is 32.2. The van der Waals surface area contributed by atoms with Gasteiger partial charge >= 0.3 is 5.97 Å². The van der Waals surface area contributed by atoms with Crippen molar-refractivity contribution in [3.63, 3.8) is 0 Å². The summed E-state index contributed by atoms with van der Waals surface area (Å²) < 4.78 is 29.9. The van der Waals surface area contributed by atoms with E-state index in [4.69, 9.17) is 13.8 Å². The Morgan fingerprint density at radius 2 is 1.79 bits per heavy atom. The van der Waals surface area contributed by atoms with Crippen molar-refractivity contribution in [3.05, 3.63) is 70.7 Å². The molecule has 0 unspecified atom stereocenters. The van der Waals surface area contributed by atoms with Crippen molar-refractivity contribution in [1.82, 2.24) is 0 Å². The predicted octanol–water partition coefficient (Wildman–Crippen LogP) is 5.10. The van der Waals surface area contributed by atoms with Crippen LogP contribution in [0.15, 0.2) is 53.1 Å². The smallest absolute Gasteiger partial charge is 0.344 e. The van der Waals surface area contributed by atoms with Gasteiger partial charge in [0.2, 0.25) is 0 Å². The van der Waals surface area contributed by atoms with Crippen LogP contribution >= 0.6 is 12.0 Å². The number of carbonyl (C=O) groups excluding carboxylic acids is 1. The van der Waals surface area contributed by atoms with E-state index in [1.165, 1.54) is 13.2 Å². The quantitative estimate of drug-likeness (QED) is 0.290. The molecule has 3 rings (SSSR count). The molecule has 7 heteroatoms. The number of aryl methyl sites for hydroxylation is 1. The van der Waals surface area contributed by atoms with Gasteiger partial charge in [0.1, 0.15) is 17.3 Å². The Labute approximate surface area is 166 Å². The lowest BCUT2D eigenvalue weighted by molar-refractivity contribution is -0.160. The minimum Gasteiger partial charge on any atom is -0.496 e. The van der Waals surface area contributed by atoms with Crippen molar-refractivity contribution < 1.29 is 27.9 Å². The molecule has 0 aliphatic carbocycles. The second-order valence-electron chi connectivity index (χ2n) is 5.94. The van der Waals surface area contributed by atoms with Gasteiger partial charge < -0.3 is 9.47 Å². The SMILES string of the molecule is CC=C1OC(=O)C(c2ccc(OC)c(C)c2)=C1c1ccc(SOOC)c(F)c1. The highest BCUT2D eigenvalue weighted by molar-refractivity contribution is 7.94. The van der Waals surface area contributed by atoms with E-state index >= 15 is 0 Å². The molecule has 2 aromatic rings. The first-order valence-electron chi connectivity index (χ1n) is 8.45. The van der Waals surface area contributed by atoms with Crippen LogP contribution in [0.3, 0.4) is 0 Å². The molecule has 1 aliphatic heterocycles. The number of ether oxygens (including phenoxy) is 2. The Balaban J connectivity index is 2.14. The summed E-state index contributed by atoms with van der Waals surface area (Å²) in [6.07, 6.45) is 1.69. The van der Waals surface area contributed by atoms with Crippen molar-refractivity contribution in [3.8, 4) is 5.75 Å². The zero-order valence-electron chi connectivity index (χ0n) is 15.9.